The van der Waals surface area contributed by atoms with Gasteiger partial charge in [0.25, 0.3) is 0 Å². The van der Waals surface area contributed by atoms with Crippen LogP contribution in [0.15, 0.2) is 60.7 Å². The van der Waals surface area contributed by atoms with Gasteiger partial charge in [-0.15, -0.1) is 0 Å². The average Bonchev–Trinajstić information content (AvgIpc) is 3.09. The number of aromatic nitrogens is 1. The number of carboxylic acid groups (broad SMARTS) is 1. The van der Waals surface area contributed by atoms with Crippen molar-refractivity contribution in [3.8, 4) is 0 Å². The summed E-state index contributed by atoms with van der Waals surface area (Å²) in [5.41, 5.74) is 3.53. The quantitative estimate of drug-likeness (QED) is 0.321. The van der Waals surface area contributed by atoms with E-state index in [2.05, 4.69) is 0 Å². The van der Waals surface area contributed by atoms with Crippen LogP contribution in [0.5, 0.6) is 0 Å². The standard InChI is InChI=1S/C29H28FNO3/c1-18-29(25-16-22(30)13-14-26(25)31(18)17-28(33)34)21-11-9-19(10-12-21)15-27(32)24-8-4-6-20-5-2-3-7-23(20)24/h2-8,13-14,16,19,21H,9-12,15,17H2,1H3,(H,33,34). The number of nitrogens with zero attached hydrogens (tertiary/aromatic N) is 1. The minimum Gasteiger partial charge on any atom is -0.480 e. The Bertz CT molecular complexity index is 1390. The Labute approximate surface area is 198 Å². The topological polar surface area (TPSA) is 59.3 Å². The number of hydrogen-bond acceptors (Lipinski definition) is 2. The van der Waals surface area contributed by atoms with E-state index in [1.54, 1.807) is 10.6 Å². The molecule has 1 aliphatic rings. The Hall–Kier alpha value is -3.47. The third-order valence-corrected chi connectivity index (χ3v) is 7.45. The molecular weight excluding hydrogens is 429 g/mol. The van der Waals surface area contributed by atoms with E-state index in [-0.39, 0.29) is 24.1 Å². The summed E-state index contributed by atoms with van der Waals surface area (Å²) < 4.78 is 15.9. The second-order valence-corrected chi connectivity index (χ2v) is 9.51. The highest BCUT2D eigenvalue weighted by atomic mass is 19.1. The van der Waals surface area contributed by atoms with Gasteiger partial charge in [0.05, 0.1) is 0 Å². The third kappa shape index (κ3) is 4.11. The Kier molecular flexibility index (Phi) is 5.94. The van der Waals surface area contributed by atoms with Crippen LogP contribution in [0.1, 0.15) is 59.6 Å². The number of halogens is 1. The molecule has 0 unspecified atom stereocenters. The number of hydrogen-bond donors (Lipinski definition) is 1. The molecule has 1 N–H and O–H groups in total. The predicted octanol–water partition coefficient (Wildman–Crippen LogP) is 6.87. The molecule has 0 radical (unpaired) electrons. The number of benzene rings is 3. The molecule has 1 saturated carbocycles. The molecule has 174 valence electrons. The lowest BCUT2D eigenvalue weighted by Gasteiger charge is -2.29. The summed E-state index contributed by atoms with van der Waals surface area (Å²) in [6.45, 7) is 1.80. The van der Waals surface area contributed by atoms with Crippen LogP contribution in [0.25, 0.3) is 21.7 Å². The Morgan fingerprint density at radius 3 is 2.47 bits per heavy atom. The molecule has 0 spiro atoms. The highest BCUT2D eigenvalue weighted by Crippen LogP contribution is 2.42. The van der Waals surface area contributed by atoms with Gasteiger partial charge in [-0.2, -0.15) is 0 Å². The van der Waals surface area contributed by atoms with Crippen molar-refractivity contribution in [2.45, 2.75) is 51.5 Å². The second kappa shape index (κ2) is 9.05. The molecule has 4 aromatic rings. The lowest BCUT2D eigenvalue weighted by Crippen LogP contribution is -2.17. The van der Waals surface area contributed by atoms with Crippen LogP contribution >= 0.6 is 0 Å². The summed E-state index contributed by atoms with van der Waals surface area (Å²) in [7, 11) is 0. The minimum atomic E-state index is -0.911. The second-order valence-electron chi connectivity index (χ2n) is 9.51. The van der Waals surface area contributed by atoms with Crippen LogP contribution in [0, 0.1) is 18.7 Å². The van der Waals surface area contributed by atoms with Gasteiger partial charge in [0.2, 0.25) is 0 Å². The van der Waals surface area contributed by atoms with E-state index in [1.165, 1.54) is 12.1 Å². The maximum atomic E-state index is 14.1. The molecule has 0 bridgehead atoms. The molecule has 4 nitrogen and oxygen atoms in total. The van der Waals surface area contributed by atoms with Gasteiger partial charge < -0.3 is 9.67 Å². The molecule has 0 saturated heterocycles. The van der Waals surface area contributed by atoms with Crippen LogP contribution in [0.4, 0.5) is 4.39 Å². The summed E-state index contributed by atoms with van der Waals surface area (Å²) in [6, 6.07) is 18.5. The maximum Gasteiger partial charge on any atom is 0.323 e. The van der Waals surface area contributed by atoms with Crippen molar-refractivity contribution in [3.05, 3.63) is 83.3 Å². The van der Waals surface area contributed by atoms with Crippen molar-refractivity contribution in [2.24, 2.45) is 5.92 Å². The maximum absolute atomic E-state index is 14.1. The lowest BCUT2D eigenvalue weighted by atomic mass is 9.76. The number of carboxylic acids is 1. The van der Waals surface area contributed by atoms with Gasteiger partial charge in [-0.3, -0.25) is 9.59 Å². The molecule has 0 aliphatic heterocycles. The molecule has 1 aromatic heterocycles. The van der Waals surface area contributed by atoms with Gasteiger partial charge in [-0.25, -0.2) is 4.39 Å². The molecule has 0 amide bonds. The van der Waals surface area contributed by atoms with Gasteiger partial charge >= 0.3 is 5.97 Å². The fourth-order valence-corrected chi connectivity index (χ4v) is 5.83. The smallest absolute Gasteiger partial charge is 0.323 e. The molecule has 1 fully saturated rings. The first-order chi connectivity index (χ1) is 16.4. The normalized spacial score (nSPS) is 18.4. The summed E-state index contributed by atoms with van der Waals surface area (Å²) >= 11 is 0. The van der Waals surface area contributed by atoms with E-state index < -0.39 is 5.97 Å². The summed E-state index contributed by atoms with van der Waals surface area (Å²) in [5.74, 6) is -0.464. The number of carbonyl (C=O) groups excluding carboxylic acids is 1. The Morgan fingerprint density at radius 2 is 1.71 bits per heavy atom. The molecule has 34 heavy (non-hydrogen) atoms. The van der Waals surface area contributed by atoms with Crippen molar-refractivity contribution < 1.29 is 19.1 Å². The number of fused-ring (bicyclic) bond motifs is 2. The number of aliphatic carboxylic acids is 1. The SMILES string of the molecule is Cc1c(C2CCC(CC(=O)c3cccc4ccccc34)CC2)c2cc(F)ccc2n1CC(=O)O. The highest BCUT2D eigenvalue weighted by Gasteiger charge is 2.29. The summed E-state index contributed by atoms with van der Waals surface area (Å²) in [5, 5.41) is 12.3. The monoisotopic (exact) mass is 457 g/mol. The Morgan fingerprint density at radius 1 is 0.971 bits per heavy atom. The van der Waals surface area contributed by atoms with Gasteiger partial charge in [0, 0.05) is 28.6 Å². The van der Waals surface area contributed by atoms with Gasteiger partial charge in [-0.05, 0) is 79.0 Å². The fourth-order valence-electron chi connectivity index (χ4n) is 5.83. The number of Topliss-reactive ketones (excluding diaryl/α,β-unsaturated/α-hetero) is 1. The fraction of sp³-hybridized carbons (Fsp3) is 0.310. The third-order valence-electron chi connectivity index (χ3n) is 7.45. The lowest BCUT2D eigenvalue weighted by molar-refractivity contribution is -0.137. The summed E-state index contributed by atoms with van der Waals surface area (Å²) in [6.07, 6.45) is 4.23. The zero-order chi connectivity index (χ0) is 23.8. The van der Waals surface area contributed by atoms with Gasteiger partial charge in [0.15, 0.2) is 5.78 Å². The molecule has 5 heteroatoms. The zero-order valence-electron chi connectivity index (χ0n) is 19.3. The molecular formula is C29H28FNO3. The number of ketones is 1. The largest absolute Gasteiger partial charge is 0.480 e. The highest BCUT2D eigenvalue weighted by molar-refractivity contribution is 6.08. The van der Waals surface area contributed by atoms with E-state index in [4.69, 9.17) is 0 Å². The van der Waals surface area contributed by atoms with Crippen LogP contribution in [0.3, 0.4) is 0 Å². The number of rotatable bonds is 6. The van der Waals surface area contributed by atoms with Gasteiger partial charge in [0.1, 0.15) is 12.4 Å². The molecule has 1 heterocycles. The molecule has 3 aromatic carbocycles. The predicted molar refractivity (Wildman–Crippen MR) is 132 cm³/mol. The van der Waals surface area contributed by atoms with Crippen molar-refractivity contribution >= 4 is 33.4 Å². The molecule has 0 atom stereocenters. The average molecular weight is 458 g/mol. The van der Waals surface area contributed by atoms with Crippen LogP contribution in [0.2, 0.25) is 0 Å². The van der Waals surface area contributed by atoms with Crippen molar-refractivity contribution in [1.29, 1.82) is 0 Å². The van der Waals surface area contributed by atoms with Crippen molar-refractivity contribution in [1.82, 2.24) is 4.57 Å². The van der Waals surface area contributed by atoms with Crippen LogP contribution in [-0.2, 0) is 11.3 Å². The van der Waals surface area contributed by atoms with Crippen molar-refractivity contribution in [2.75, 3.05) is 0 Å². The summed E-state index contributed by atoms with van der Waals surface area (Å²) in [4.78, 5) is 24.6. The Balaban J connectivity index is 1.34. The zero-order valence-corrected chi connectivity index (χ0v) is 19.3. The first kappa shape index (κ1) is 22.3. The van der Waals surface area contributed by atoms with E-state index in [1.807, 2.05) is 49.4 Å². The molecule has 1 aliphatic carbocycles. The van der Waals surface area contributed by atoms with Crippen molar-refractivity contribution in [3.63, 3.8) is 0 Å². The van der Waals surface area contributed by atoms with Gasteiger partial charge in [-0.1, -0.05) is 42.5 Å². The van der Waals surface area contributed by atoms with E-state index in [0.717, 1.165) is 64.2 Å². The van der Waals surface area contributed by atoms with E-state index >= 15 is 0 Å². The molecule has 5 rings (SSSR count). The van der Waals surface area contributed by atoms with Crippen LogP contribution in [-0.4, -0.2) is 21.4 Å². The first-order valence-electron chi connectivity index (χ1n) is 11.9. The number of carbonyl (C=O) groups is 2. The van der Waals surface area contributed by atoms with Crippen LogP contribution < -0.4 is 0 Å². The van der Waals surface area contributed by atoms with E-state index in [9.17, 15) is 19.1 Å². The first-order valence-corrected chi connectivity index (χ1v) is 11.9. The van der Waals surface area contributed by atoms with E-state index in [0.29, 0.717) is 12.3 Å². The minimum absolute atomic E-state index is 0.136.